The van der Waals surface area contributed by atoms with Gasteiger partial charge in [-0.25, -0.2) is 4.98 Å². The first-order valence-corrected chi connectivity index (χ1v) is 6.38. The van der Waals surface area contributed by atoms with Crippen molar-refractivity contribution in [2.45, 2.75) is 6.42 Å². The van der Waals surface area contributed by atoms with Crippen LogP contribution in [0.25, 0.3) is 10.2 Å². The van der Waals surface area contributed by atoms with E-state index in [0.717, 1.165) is 15.3 Å². The zero-order valence-corrected chi connectivity index (χ0v) is 10.1. The van der Waals surface area contributed by atoms with Gasteiger partial charge in [-0.05, 0) is 12.1 Å². The van der Waals surface area contributed by atoms with Gasteiger partial charge in [-0.2, -0.15) is 0 Å². The Labute approximate surface area is 103 Å². The Morgan fingerprint density at radius 1 is 1.47 bits per heavy atom. The van der Waals surface area contributed by atoms with Gasteiger partial charge in [0.2, 0.25) is 5.91 Å². The maximum Gasteiger partial charge on any atom is 0.229 e. The third-order valence-electron chi connectivity index (χ3n) is 3.00. The van der Waals surface area contributed by atoms with Crippen LogP contribution in [-0.4, -0.2) is 17.4 Å². The summed E-state index contributed by atoms with van der Waals surface area (Å²) >= 11 is 1.57. The number of amides is 1. The molecular formula is C13H12N2OS. The minimum atomic E-state index is 0.147. The molecule has 2 heterocycles. The first-order valence-electron chi connectivity index (χ1n) is 5.56. The van der Waals surface area contributed by atoms with Crippen LogP contribution in [0.15, 0.2) is 36.9 Å². The highest BCUT2D eigenvalue weighted by atomic mass is 32.1. The molecule has 0 spiro atoms. The normalized spacial score (nSPS) is 20.1. The van der Waals surface area contributed by atoms with E-state index >= 15 is 0 Å². The number of hydrogen-bond acceptors (Lipinski definition) is 3. The molecule has 1 aliphatic rings. The smallest absolute Gasteiger partial charge is 0.229 e. The molecule has 1 aliphatic heterocycles. The van der Waals surface area contributed by atoms with Crippen molar-refractivity contribution in [3.8, 4) is 0 Å². The Balaban J connectivity index is 1.98. The van der Waals surface area contributed by atoms with Gasteiger partial charge in [-0.3, -0.25) is 9.69 Å². The van der Waals surface area contributed by atoms with Crippen molar-refractivity contribution in [2.75, 3.05) is 11.4 Å². The van der Waals surface area contributed by atoms with Crippen molar-refractivity contribution in [1.82, 2.24) is 4.98 Å². The lowest BCUT2D eigenvalue weighted by atomic mass is 10.1. The van der Waals surface area contributed by atoms with Gasteiger partial charge in [0, 0.05) is 18.9 Å². The molecule has 0 aliphatic carbocycles. The lowest BCUT2D eigenvalue weighted by molar-refractivity contribution is -0.117. The molecule has 1 unspecified atom stereocenters. The zero-order chi connectivity index (χ0) is 11.8. The molecule has 1 atom stereocenters. The molecule has 0 N–H and O–H groups in total. The van der Waals surface area contributed by atoms with Crippen molar-refractivity contribution < 1.29 is 4.79 Å². The summed E-state index contributed by atoms with van der Waals surface area (Å²) in [5.41, 5.74) is 0.961. The van der Waals surface area contributed by atoms with E-state index in [0.29, 0.717) is 13.0 Å². The molecule has 0 saturated carbocycles. The number of anilines is 1. The average Bonchev–Trinajstić information content (AvgIpc) is 2.91. The van der Waals surface area contributed by atoms with Gasteiger partial charge in [-0.1, -0.05) is 29.5 Å². The number of para-hydroxylation sites is 1. The summed E-state index contributed by atoms with van der Waals surface area (Å²) in [7, 11) is 0. The van der Waals surface area contributed by atoms with Crippen LogP contribution in [0.5, 0.6) is 0 Å². The molecule has 1 amide bonds. The highest BCUT2D eigenvalue weighted by molar-refractivity contribution is 7.22. The molecule has 3 nitrogen and oxygen atoms in total. The molecule has 1 fully saturated rings. The van der Waals surface area contributed by atoms with E-state index in [2.05, 4.69) is 11.6 Å². The van der Waals surface area contributed by atoms with E-state index in [-0.39, 0.29) is 11.8 Å². The number of aromatic nitrogens is 1. The lowest BCUT2D eigenvalue weighted by Gasteiger charge is -2.11. The third-order valence-corrected chi connectivity index (χ3v) is 4.06. The summed E-state index contributed by atoms with van der Waals surface area (Å²) in [4.78, 5) is 18.1. The van der Waals surface area contributed by atoms with Crippen LogP contribution in [0, 0.1) is 5.92 Å². The average molecular weight is 244 g/mol. The Bertz CT molecular complexity index is 557. The Morgan fingerprint density at radius 3 is 3.00 bits per heavy atom. The van der Waals surface area contributed by atoms with Crippen LogP contribution < -0.4 is 4.90 Å². The van der Waals surface area contributed by atoms with Gasteiger partial charge >= 0.3 is 0 Å². The highest BCUT2D eigenvalue weighted by Gasteiger charge is 2.30. The fourth-order valence-corrected chi connectivity index (χ4v) is 3.05. The molecule has 4 heteroatoms. The largest absolute Gasteiger partial charge is 0.287 e. The van der Waals surface area contributed by atoms with Crippen molar-refractivity contribution >= 4 is 32.6 Å². The number of carbonyl (C=O) groups is 1. The van der Waals surface area contributed by atoms with Gasteiger partial charge in [0.25, 0.3) is 0 Å². The minimum Gasteiger partial charge on any atom is -0.287 e. The number of thiazole rings is 1. The first kappa shape index (κ1) is 10.5. The summed E-state index contributed by atoms with van der Waals surface area (Å²) < 4.78 is 1.12. The number of fused-ring (bicyclic) bond motifs is 1. The minimum absolute atomic E-state index is 0.147. The predicted octanol–water partition coefficient (Wildman–Crippen LogP) is 2.84. The molecular weight excluding hydrogens is 232 g/mol. The molecule has 0 bridgehead atoms. The van der Waals surface area contributed by atoms with Gasteiger partial charge in [0.15, 0.2) is 5.13 Å². The van der Waals surface area contributed by atoms with Crippen LogP contribution in [0.1, 0.15) is 6.42 Å². The van der Waals surface area contributed by atoms with Crippen LogP contribution in [0.3, 0.4) is 0 Å². The molecule has 3 rings (SSSR count). The number of benzene rings is 1. The van der Waals surface area contributed by atoms with E-state index in [1.807, 2.05) is 30.3 Å². The van der Waals surface area contributed by atoms with Gasteiger partial charge in [-0.15, -0.1) is 6.58 Å². The van der Waals surface area contributed by atoms with E-state index in [1.165, 1.54) is 0 Å². The second kappa shape index (κ2) is 3.96. The number of nitrogens with zero attached hydrogens (tertiary/aromatic N) is 2. The SMILES string of the molecule is C=CC1CC(=O)N(c2nc3ccccc3s2)C1. The van der Waals surface area contributed by atoms with Crippen molar-refractivity contribution in [3.63, 3.8) is 0 Å². The van der Waals surface area contributed by atoms with E-state index in [9.17, 15) is 4.79 Å². The number of carbonyl (C=O) groups excluding carboxylic acids is 1. The number of rotatable bonds is 2. The van der Waals surface area contributed by atoms with E-state index < -0.39 is 0 Å². The zero-order valence-electron chi connectivity index (χ0n) is 9.30. The summed E-state index contributed by atoms with van der Waals surface area (Å²) in [6.45, 7) is 4.46. The quantitative estimate of drug-likeness (QED) is 0.761. The third kappa shape index (κ3) is 1.74. The van der Waals surface area contributed by atoms with Crippen LogP contribution in [0.2, 0.25) is 0 Å². The van der Waals surface area contributed by atoms with Crippen molar-refractivity contribution in [1.29, 1.82) is 0 Å². The summed E-state index contributed by atoms with van der Waals surface area (Å²) in [6.07, 6.45) is 2.41. The number of hydrogen-bond donors (Lipinski definition) is 0. The molecule has 2 aromatic rings. The summed E-state index contributed by atoms with van der Waals surface area (Å²) in [5.74, 6) is 0.406. The monoisotopic (exact) mass is 244 g/mol. The van der Waals surface area contributed by atoms with E-state index in [4.69, 9.17) is 0 Å². The van der Waals surface area contributed by atoms with Crippen molar-refractivity contribution in [2.24, 2.45) is 5.92 Å². The van der Waals surface area contributed by atoms with E-state index in [1.54, 1.807) is 16.2 Å². The molecule has 17 heavy (non-hydrogen) atoms. The Kier molecular flexibility index (Phi) is 2.44. The first-order chi connectivity index (χ1) is 8.28. The molecule has 1 aromatic carbocycles. The van der Waals surface area contributed by atoms with Gasteiger partial charge < -0.3 is 0 Å². The summed E-state index contributed by atoms with van der Waals surface area (Å²) in [6, 6.07) is 7.95. The maximum absolute atomic E-state index is 11.9. The Hall–Kier alpha value is -1.68. The highest BCUT2D eigenvalue weighted by Crippen LogP contribution is 2.32. The predicted molar refractivity (Wildman–Crippen MR) is 70.3 cm³/mol. The topological polar surface area (TPSA) is 33.2 Å². The fraction of sp³-hybridized carbons (Fsp3) is 0.231. The molecule has 86 valence electrons. The standard InChI is InChI=1S/C13H12N2OS/c1-2-9-7-12(16)15(8-9)13-14-10-5-3-4-6-11(10)17-13/h2-6,9H,1,7-8H2. The second-order valence-electron chi connectivity index (χ2n) is 4.17. The van der Waals surface area contributed by atoms with Gasteiger partial charge in [0.1, 0.15) is 0 Å². The fourth-order valence-electron chi connectivity index (χ4n) is 2.05. The van der Waals surface area contributed by atoms with Gasteiger partial charge in [0.05, 0.1) is 10.2 Å². The Morgan fingerprint density at radius 2 is 2.29 bits per heavy atom. The lowest BCUT2D eigenvalue weighted by Crippen LogP contribution is -2.23. The maximum atomic E-state index is 11.9. The molecule has 1 aromatic heterocycles. The summed E-state index contributed by atoms with van der Waals surface area (Å²) in [5, 5.41) is 0.806. The second-order valence-corrected chi connectivity index (χ2v) is 5.18. The molecule has 0 radical (unpaired) electrons. The van der Waals surface area contributed by atoms with Crippen LogP contribution in [0.4, 0.5) is 5.13 Å². The van der Waals surface area contributed by atoms with Crippen LogP contribution >= 0.6 is 11.3 Å². The van der Waals surface area contributed by atoms with Crippen molar-refractivity contribution in [3.05, 3.63) is 36.9 Å². The van der Waals surface area contributed by atoms with Crippen LogP contribution in [-0.2, 0) is 4.79 Å². The molecule has 1 saturated heterocycles.